The van der Waals surface area contributed by atoms with Gasteiger partial charge in [-0.05, 0) is 24.1 Å². The summed E-state index contributed by atoms with van der Waals surface area (Å²) in [5, 5.41) is 3.29. The fourth-order valence-electron chi connectivity index (χ4n) is 3.51. The topological polar surface area (TPSA) is 32.3 Å². The quantitative estimate of drug-likeness (QED) is 0.899. The summed E-state index contributed by atoms with van der Waals surface area (Å²) in [6, 6.07) is 21.2. The van der Waals surface area contributed by atoms with E-state index in [4.69, 9.17) is 0 Å². The predicted octanol–water partition coefficient (Wildman–Crippen LogP) is 3.58. The van der Waals surface area contributed by atoms with E-state index in [9.17, 15) is 4.79 Å². The van der Waals surface area contributed by atoms with Gasteiger partial charge in [-0.15, -0.1) is 12.4 Å². The molecule has 1 saturated heterocycles. The van der Waals surface area contributed by atoms with Crippen molar-refractivity contribution in [2.24, 2.45) is 0 Å². The molecule has 0 aliphatic carbocycles. The van der Waals surface area contributed by atoms with Gasteiger partial charge in [0.25, 0.3) is 0 Å². The zero-order chi connectivity index (χ0) is 16.1. The SMILES string of the molecule is CCNCN1CC(c2ccccc2)(c2ccccc2)CCC1=O.Cl. The van der Waals surface area contributed by atoms with Gasteiger partial charge in [0.05, 0.1) is 6.67 Å². The summed E-state index contributed by atoms with van der Waals surface area (Å²) in [6.45, 7) is 4.28. The van der Waals surface area contributed by atoms with Crippen LogP contribution < -0.4 is 5.32 Å². The Bertz CT molecular complexity index is 606. The molecule has 0 bridgehead atoms. The van der Waals surface area contributed by atoms with Crippen LogP contribution in [-0.2, 0) is 10.2 Å². The van der Waals surface area contributed by atoms with Crippen molar-refractivity contribution >= 4 is 18.3 Å². The van der Waals surface area contributed by atoms with Crippen molar-refractivity contribution in [2.75, 3.05) is 19.8 Å². The minimum Gasteiger partial charge on any atom is -0.329 e. The van der Waals surface area contributed by atoms with E-state index < -0.39 is 0 Å². The Kier molecular flexibility index (Phi) is 6.41. The molecule has 24 heavy (non-hydrogen) atoms. The summed E-state index contributed by atoms with van der Waals surface area (Å²) in [4.78, 5) is 14.3. The number of benzene rings is 2. The van der Waals surface area contributed by atoms with Gasteiger partial charge in [0.1, 0.15) is 0 Å². The summed E-state index contributed by atoms with van der Waals surface area (Å²) < 4.78 is 0. The number of hydrogen-bond acceptors (Lipinski definition) is 2. The average molecular weight is 345 g/mol. The maximum Gasteiger partial charge on any atom is 0.223 e. The van der Waals surface area contributed by atoms with Crippen LogP contribution in [0.2, 0.25) is 0 Å². The van der Waals surface area contributed by atoms with E-state index in [0.717, 1.165) is 19.5 Å². The number of carbonyl (C=O) groups is 1. The molecule has 128 valence electrons. The van der Waals surface area contributed by atoms with Gasteiger partial charge in [0.15, 0.2) is 0 Å². The van der Waals surface area contributed by atoms with Crippen LogP contribution in [0.5, 0.6) is 0 Å². The molecule has 1 N–H and O–H groups in total. The Labute approximate surface area is 150 Å². The smallest absolute Gasteiger partial charge is 0.223 e. The standard InChI is InChI=1S/C20H24N2O.ClH/c1-2-21-16-22-15-20(14-13-19(22)23,17-9-5-3-6-10-17)18-11-7-4-8-12-18;/h3-12,21H,2,13-16H2,1H3;1H. The van der Waals surface area contributed by atoms with Gasteiger partial charge < -0.3 is 10.2 Å². The molecule has 1 aliphatic rings. The third-order valence-electron chi connectivity index (χ3n) is 4.78. The van der Waals surface area contributed by atoms with Gasteiger partial charge in [-0.1, -0.05) is 67.6 Å². The van der Waals surface area contributed by atoms with E-state index in [2.05, 4.69) is 60.8 Å². The van der Waals surface area contributed by atoms with E-state index >= 15 is 0 Å². The van der Waals surface area contributed by atoms with Crippen molar-refractivity contribution in [3.05, 3.63) is 71.8 Å². The van der Waals surface area contributed by atoms with Crippen molar-refractivity contribution in [1.29, 1.82) is 0 Å². The first-order valence-corrected chi connectivity index (χ1v) is 8.36. The predicted molar refractivity (Wildman–Crippen MR) is 100 cm³/mol. The van der Waals surface area contributed by atoms with Gasteiger partial charge in [-0.25, -0.2) is 0 Å². The van der Waals surface area contributed by atoms with Crippen LogP contribution in [0.3, 0.4) is 0 Å². The Hall–Kier alpha value is -1.84. The molecule has 1 fully saturated rings. The number of likely N-dealkylation sites (tertiary alicyclic amines) is 1. The lowest BCUT2D eigenvalue weighted by Crippen LogP contribution is -2.52. The maximum atomic E-state index is 12.3. The van der Waals surface area contributed by atoms with Crippen molar-refractivity contribution in [3.63, 3.8) is 0 Å². The third-order valence-corrected chi connectivity index (χ3v) is 4.78. The van der Waals surface area contributed by atoms with Crippen LogP contribution >= 0.6 is 12.4 Å². The third kappa shape index (κ3) is 3.63. The monoisotopic (exact) mass is 344 g/mol. The average Bonchev–Trinajstić information content (AvgIpc) is 2.63. The molecule has 0 spiro atoms. The highest BCUT2D eigenvalue weighted by Gasteiger charge is 2.41. The second-order valence-corrected chi connectivity index (χ2v) is 6.17. The minimum atomic E-state index is -0.119. The molecular weight excluding hydrogens is 320 g/mol. The molecule has 2 aromatic rings. The summed E-state index contributed by atoms with van der Waals surface area (Å²) in [5.74, 6) is 0.244. The molecule has 0 unspecified atom stereocenters. The number of hydrogen-bond donors (Lipinski definition) is 1. The fourth-order valence-corrected chi connectivity index (χ4v) is 3.51. The normalized spacial score (nSPS) is 16.5. The largest absolute Gasteiger partial charge is 0.329 e. The van der Waals surface area contributed by atoms with Crippen molar-refractivity contribution in [1.82, 2.24) is 10.2 Å². The molecule has 3 nitrogen and oxygen atoms in total. The number of halogens is 1. The summed E-state index contributed by atoms with van der Waals surface area (Å²) in [7, 11) is 0. The molecule has 3 rings (SSSR count). The highest BCUT2D eigenvalue weighted by molar-refractivity contribution is 5.85. The lowest BCUT2D eigenvalue weighted by atomic mass is 9.69. The van der Waals surface area contributed by atoms with E-state index in [1.807, 2.05) is 17.0 Å². The van der Waals surface area contributed by atoms with Gasteiger partial charge in [0, 0.05) is 18.4 Å². The van der Waals surface area contributed by atoms with Crippen LogP contribution in [-0.4, -0.2) is 30.6 Å². The number of amides is 1. The number of carbonyl (C=O) groups excluding carboxylic acids is 1. The lowest BCUT2D eigenvalue weighted by molar-refractivity contribution is -0.135. The molecule has 0 saturated carbocycles. The van der Waals surface area contributed by atoms with Crippen LogP contribution in [0, 0.1) is 0 Å². The Morgan fingerprint density at radius 1 is 1.00 bits per heavy atom. The Morgan fingerprint density at radius 3 is 2.04 bits per heavy atom. The number of rotatable bonds is 5. The Morgan fingerprint density at radius 2 is 1.54 bits per heavy atom. The van der Waals surface area contributed by atoms with Crippen LogP contribution in [0.25, 0.3) is 0 Å². The highest BCUT2D eigenvalue weighted by Crippen LogP contribution is 2.40. The highest BCUT2D eigenvalue weighted by atomic mass is 35.5. The molecule has 2 aromatic carbocycles. The van der Waals surface area contributed by atoms with Crippen molar-refractivity contribution in [3.8, 4) is 0 Å². The summed E-state index contributed by atoms with van der Waals surface area (Å²) in [5.41, 5.74) is 2.46. The first-order valence-electron chi connectivity index (χ1n) is 8.36. The van der Waals surface area contributed by atoms with Crippen LogP contribution in [0.1, 0.15) is 30.9 Å². The van der Waals surface area contributed by atoms with Crippen molar-refractivity contribution < 1.29 is 4.79 Å². The first-order chi connectivity index (χ1) is 11.3. The Balaban J connectivity index is 0.00000208. The maximum absolute atomic E-state index is 12.3. The first kappa shape index (κ1) is 18.5. The van der Waals surface area contributed by atoms with Gasteiger partial charge in [-0.2, -0.15) is 0 Å². The minimum absolute atomic E-state index is 0. The van der Waals surface area contributed by atoms with Gasteiger partial charge in [0.2, 0.25) is 5.91 Å². The zero-order valence-electron chi connectivity index (χ0n) is 14.1. The van der Waals surface area contributed by atoms with Crippen LogP contribution in [0.4, 0.5) is 0 Å². The van der Waals surface area contributed by atoms with Crippen LogP contribution in [0.15, 0.2) is 60.7 Å². The molecule has 0 atom stereocenters. The van der Waals surface area contributed by atoms with E-state index in [1.54, 1.807) is 0 Å². The van der Waals surface area contributed by atoms with Crippen molar-refractivity contribution in [2.45, 2.75) is 25.2 Å². The molecule has 1 heterocycles. The molecule has 4 heteroatoms. The van der Waals surface area contributed by atoms with Gasteiger partial charge in [-0.3, -0.25) is 4.79 Å². The zero-order valence-corrected chi connectivity index (χ0v) is 14.9. The van der Waals surface area contributed by atoms with E-state index in [0.29, 0.717) is 13.1 Å². The fraction of sp³-hybridized carbons (Fsp3) is 0.350. The van der Waals surface area contributed by atoms with E-state index in [1.165, 1.54) is 11.1 Å². The summed E-state index contributed by atoms with van der Waals surface area (Å²) >= 11 is 0. The molecular formula is C20H25ClN2O. The lowest BCUT2D eigenvalue weighted by Gasteiger charge is -2.43. The van der Waals surface area contributed by atoms with E-state index in [-0.39, 0.29) is 23.7 Å². The number of nitrogens with zero attached hydrogens (tertiary/aromatic N) is 1. The second kappa shape index (κ2) is 8.32. The summed E-state index contributed by atoms with van der Waals surface area (Å²) in [6.07, 6.45) is 1.46. The molecule has 0 radical (unpaired) electrons. The molecule has 1 amide bonds. The second-order valence-electron chi connectivity index (χ2n) is 6.17. The molecule has 0 aromatic heterocycles. The van der Waals surface area contributed by atoms with Gasteiger partial charge >= 0.3 is 0 Å². The number of piperidine rings is 1. The molecule has 1 aliphatic heterocycles. The number of nitrogens with one attached hydrogen (secondary N) is 1.